The number of anilines is 2. The Hall–Kier alpha value is -2.87. The number of carbonyl (C=O) groups is 1. The van der Waals surface area contributed by atoms with Gasteiger partial charge in [-0.25, -0.2) is 9.97 Å². The highest BCUT2D eigenvalue weighted by atomic mass is 16.5. The molecule has 0 saturated carbocycles. The summed E-state index contributed by atoms with van der Waals surface area (Å²) in [7, 11) is 3.01. The first kappa shape index (κ1) is 17.0. The van der Waals surface area contributed by atoms with Gasteiger partial charge in [-0.05, 0) is 12.1 Å². The van der Waals surface area contributed by atoms with Gasteiger partial charge in [0.05, 0.1) is 27.4 Å². The van der Waals surface area contributed by atoms with Gasteiger partial charge < -0.3 is 24.4 Å². The molecule has 0 bridgehead atoms. The molecule has 1 N–H and O–H groups in total. The van der Waals surface area contributed by atoms with E-state index in [1.54, 1.807) is 24.3 Å². The van der Waals surface area contributed by atoms with Crippen LogP contribution in [-0.4, -0.2) is 56.4 Å². The molecule has 0 radical (unpaired) electrons. The summed E-state index contributed by atoms with van der Waals surface area (Å²) >= 11 is 0. The van der Waals surface area contributed by atoms with E-state index in [0.29, 0.717) is 36.1 Å². The molecule has 2 heterocycles. The SMILES string of the molecule is COc1cccc(OC)c1C(=O)Nc1cc(N2CCOCC2)ncn1. The summed E-state index contributed by atoms with van der Waals surface area (Å²) in [4.78, 5) is 23.2. The standard InChI is InChI=1S/C17H20N4O4/c1-23-12-4-3-5-13(24-2)16(12)17(22)20-14-10-15(19-11-18-14)21-6-8-25-9-7-21/h3-5,10-11H,6-9H2,1-2H3,(H,18,19,20,22). The topological polar surface area (TPSA) is 85.8 Å². The quantitative estimate of drug-likeness (QED) is 0.881. The van der Waals surface area contributed by atoms with Crippen molar-refractivity contribution in [2.45, 2.75) is 0 Å². The third-order valence-corrected chi connectivity index (χ3v) is 3.88. The normalized spacial score (nSPS) is 14.1. The van der Waals surface area contributed by atoms with Crippen molar-refractivity contribution in [1.82, 2.24) is 9.97 Å². The van der Waals surface area contributed by atoms with Crippen LogP contribution >= 0.6 is 0 Å². The molecular weight excluding hydrogens is 324 g/mol. The van der Waals surface area contributed by atoms with Crippen LogP contribution in [0.5, 0.6) is 11.5 Å². The highest BCUT2D eigenvalue weighted by Crippen LogP contribution is 2.29. The number of benzene rings is 1. The molecule has 8 heteroatoms. The van der Waals surface area contributed by atoms with Gasteiger partial charge in [0, 0.05) is 19.2 Å². The van der Waals surface area contributed by atoms with Gasteiger partial charge in [0.1, 0.15) is 35.0 Å². The summed E-state index contributed by atoms with van der Waals surface area (Å²) in [5.41, 5.74) is 0.319. The van der Waals surface area contributed by atoms with E-state index in [1.807, 2.05) is 0 Å². The van der Waals surface area contributed by atoms with Crippen LogP contribution in [0.1, 0.15) is 10.4 Å². The van der Waals surface area contributed by atoms with E-state index in [2.05, 4.69) is 20.2 Å². The van der Waals surface area contributed by atoms with Crippen molar-refractivity contribution in [3.05, 3.63) is 36.2 Å². The molecule has 1 aromatic heterocycles. The maximum absolute atomic E-state index is 12.7. The third-order valence-electron chi connectivity index (χ3n) is 3.88. The summed E-state index contributed by atoms with van der Waals surface area (Å²) in [5, 5.41) is 2.78. The van der Waals surface area contributed by atoms with Crippen LogP contribution in [0.15, 0.2) is 30.6 Å². The number of hydrogen-bond acceptors (Lipinski definition) is 7. The molecule has 0 spiro atoms. The Morgan fingerprint density at radius 3 is 2.48 bits per heavy atom. The first-order valence-electron chi connectivity index (χ1n) is 7.90. The van der Waals surface area contributed by atoms with Gasteiger partial charge >= 0.3 is 0 Å². The lowest BCUT2D eigenvalue weighted by Gasteiger charge is -2.27. The Balaban J connectivity index is 1.82. The zero-order chi connectivity index (χ0) is 17.6. The lowest BCUT2D eigenvalue weighted by atomic mass is 10.1. The molecular formula is C17H20N4O4. The van der Waals surface area contributed by atoms with E-state index >= 15 is 0 Å². The molecule has 1 aliphatic heterocycles. The van der Waals surface area contributed by atoms with Crippen LogP contribution in [0.25, 0.3) is 0 Å². The van der Waals surface area contributed by atoms with E-state index < -0.39 is 0 Å². The average molecular weight is 344 g/mol. The highest BCUT2D eigenvalue weighted by Gasteiger charge is 2.19. The minimum Gasteiger partial charge on any atom is -0.496 e. The minimum atomic E-state index is -0.360. The molecule has 25 heavy (non-hydrogen) atoms. The van der Waals surface area contributed by atoms with Crippen LogP contribution in [0.4, 0.5) is 11.6 Å². The van der Waals surface area contributed by atoms with E-state index in [1.165, 1.54) is 20.5 Å². The van der Waals surface area contributed by atoms with Crippen molar-refractivity contribution in [2.24, 2.45) is 0 Å². The predicted octanol–water partition coefficient (Wildman–Crippen LogP) is 1.58. The monoisotopic (exact) mass is 344 g/mol. The maximum atomic E-state index is 12.7. The predicted molar refractivity (Wildman–Crippen MR) is 92.6 cm³/mol. The Morgan fingerprint density at radius 1 is 1.16 bits per heavy atom. The third kappa shape index (κ3) is 3.80. The number of aromatic nitrogens is 2. The number of nitrogens with zero attached hydrogens (tertiary/aromatic N) is 3. The molecule has 0 atom stereocenters. The molecule has 1 fully saturated rings. The summed E-state index contributed by atoms with van der Waals surface area (Å²) < 4.78 is 15.9. The van der Waals surface area contributed by atoms with Gasteiger partial charge in [0.15, 0.2) is 0 Å². The summed E-state index contributed by atoms with van der Waals surface area (Å²) in [6, 6.07) is 6.91. The van der Waals surface area contributed by atoms with Crippen molar-refractivity contribution >= 4 is 17.5 Å². The number of nitrogens with one attached hydrogen (secondary N) is 1. The van der Waals surface area contributed by atoms with Gasteiger partial charge in [-0.3, -0.25) is 4.79 Å². The fourth-order valence-corrected chi connectivity index (χ4v) is 2.63. The Labute approximate surface area is 145 Å². The second-order valence-corrected chi connectivity index (χ2v) is 5.35. The van der Waals surface area contributed by atoms with Crippen LogP contribution in [0.2, 0.25) is 0 Å². The van der Waals surface area contributed by atoms with Crippen LogP contribution in [0, 0.1) is 0 Å². The lowest BCUT2D eigenvalue weighted by Crippen LogP contribution is -2.36. The van der Waals surface area contributed by atoms with Crippen molar-refractivity contribution in [3.8, 4) is 11.5 Å². The van der Waals surface area contributed by atoms with E-state index in [4.69, 9.17) is 14.2 Å². The fourth-order valence-electron chi connectivity index (χ4n) is 2.63. The molecule has 1 aliphatic rings. The van der Waals surface area contributed by atoms with Gasteiger partial charge in [0.2, 0.25) is 0 Å². The second kappa shape index (κ2) is 7.80. The van der Waals surface area contributed by atoms with Crippen LogP contribution < -0.4 is 19.7 Å². The van der Waals surface area contributed by atoms with Gasteiger partial charge in [-0.2, -0.15) is 0 Å². The van der Waals surface area contributed by atoms with E-state index in [9.17, 15) is 4.79 Å². The molecule has 8 nitrogen and oxygen atoms in total. The average Bonchev–Trinajstić information content (AvgIpc) is 2.68. The van der Waals surface area contributed by atoms with Crippen LogP contribution in [-0.2, 0) is 4.74 Å². The molecule has 0 aliphatic carbocycles. The molecule has 1 amide bonds. The zero-order valence-corrected chi connectivity index (χ0v) is 14.2. The number of ether oxygens (including phenoxy) is 3. The van der Waals surface area contributed by atoms with Crippen molar-refractivity contribution in [3.63, 3.8) is 0 Å². The summed E-state index contributed by atoms with van der Waals surface area (Å²) in [6.45, 7) is 2.82. The molecule has 3 rings (SSSR count). The first-order chi connectivity index (χ1) is 12.2. The lowest BCUT2D eigenvalue weighted by molar-refractivity contribution is 0.102. The zero-order valence-electron chi connectivity index (χ0n) is 14.2. The first-order valence-corrected chi connectivity index (χ1v) is 7.90. The van der Waals surface area contributed by atoms with E-state index in [0.717, 1.165) is 18.9 Å². The molecule has 132 valence electrons. The number of amides is 1. The van der Waals surface area contributed by atoms with E-state index in [-0.39, 0.29) is 5.91 Å². The minimum absolute atomic E-state index is 0.319. The maximum Gasteiger partial charge on any atom is 0.264 e. The van der Waals surface area contributed by atoms with Gasteiger partial charge in [-0.1, -0.05) is 6.07 Å². The largest absolute Gasteiger partial charge is 0.496 e. The molecule has 1 saturated heterocycles. The van der Waals surface area contributed by atoms with Crippen molar-refractivity contribution < 1.29 is 19.0 Å². The number of carbonyl (C=O) groups excluding carboxylic acids is 1. The second-order valence-electron chi connectivity index (χ2n) is 5.35. The Morgan fingerprint density at radius 2 is 1.84 bits per heavy atom. The number of rotatable bonds is 5. The number of morpholine rings is 1. The van der Waals surface area contributed by atoms with Crippen molar-refractivity contribution in [1.29, 1.82) is 0 Å². The summed E-state index contributed by atoms with van der Waals surface area (Å²) in [5.74, 6) is 1.66. The Kier molecular flexibility index (Phi) is 5.30. The molecule has 1 aromatic carbocycles. The summed E-state index contributed by atoms with van der Waals surface area (Å²) in [6.07, 6.45) is 1.43. The number of methoxy groups -OCH3 is 2. The fraction of sp³-hybridized carbons (Fsp3) is 0.353. The smallest absolute Gasteiger partial charge is 0.264 e. The van der Waals surface area contributed by atoms with Gasteiger partial charge in [0.25, 0.3) is 5.91 Å². The molecule has 2 aromatic rings. The van der Waals surface area contributed by atoms with Crippen LogP contribution in [0.3, 0.4) is 0 Å². The number of hydrogen-bond donors (Lipinski definition) is 1. The Bertz CT molecular complexity index is 725. The van der Waals surface area contributed by atoms with Gasteiger partial charge in [-0.15, -0.1) is 0 Å². The highest BCUT2D eigenvalue weighted by molar-refractivity contribution is 6.07. The molecule has 0 unspecified atom stereocenters. The van der Waals surface area contributed by atoms with Crippen molar-refractivity contribution in [2.75, 3.05) is 50.7 Å².